The predicted molar refractivity (Wildman–Crippen MR) is 153 cm³/mol. The quantitative estimate of drug-likeness (QED) is 0.319. The summed E-state index contributed by atoms with van der Waals surface area (Å²) < 4.78 is 9.74. The molecule has 1 saturated heterocycles. The third-order valence-electron chi connectivity index (χ3n) is 7.17. The summed E-state index contributed by atoms with van der Waals surface area (Å²) in [5.74, 6) is 0.516. The summed E-state index contributed by atoms with van der Waals surface area (Å²) in [6.45, 7) is 10.4. The van der Waals surface area contributed by atoms with E-state index in [0.717, 1.165) is 70.6 Å². The van der Waals surface area contributed by atoms with Crippen molar-refractivity contribution in [3.63, 3.8) is 0 Å². The van der Waals surface area contributed by atoms with Crippen molar-refractivity contribution in [2.75, 3.05) is 51.7 Å². The number of anilines is 1. The Morgan fingerprint density at radius 1 is 1.10 bits per heavy atom. The van der Waals surface area contributed by atoms with Crippen LogP contribution >= 0.6 is 11.3 Å². The van der Waals surface area contributed by atoms with Crippen LogP contribution < -0.4 is 10.1 Å². The highest BCUT2D eigenvalue weighted by Crippen LogP contribution is 2.28. The van der Waals surface area contributed by atoms with Crippen LogP contribution in [0.15, 0.2) is 48.9 Å². The van der Waals surface area contributed by atoms with Gasteiger partial charge in [0, 0.05) is 61.4 Å². The van der Waals surface area contributed by atoms with E-state index in [1.807, 2.05) is 61.3 Å². The number of benzene rings is 1. The molecule has 10 nitrogen and oxygen atoms in total. The van der Waals surface area contributed by atoms with Crippen molar-refractivity contribution < 1.29 is 9.53 Å². The number of ether oxygens (including phenoxy) is 1. The summed E-state index contributed by atoms with van der Waals surface area (Å²) in [7, 11) is 2.16. The van der Waals surface area contributed by atoms with Gasteiger partial charge in [-0.3, -0.25) is 18.8 Å². The molecule has 11 heteroatoms. The van der Waals surface area contributed by atoms with Crippen molar-refractivity contribution >= 4 is 39.5 Å². The Labute approximate surface area is 230 Å². The fraction of sp³-hybridized carbons (Fsp3) is 0.357. The average molecular weight is 545 g/mol. The number of imidazole rings is 1. The van der Waals surface area contributed by atoms with Crippen LogP contribution in [0.5, 0.6) is 5.75 Å². The molecular formula is C28H32N8O2S. The number of thiazole rings is 1. The number of aromatic nitrogens is 5. The SMILES string of the molecule is Cc1ncc(Cn2nc(C)c3c(NC(=O)c4cnc5cc(OCCN6CCN(C)CC6)ccn45)cccc32)s1. The molecule has 1 N–H and O–H groups in total. The van der Waals surface area contributed by atoms with Crippen LogP contribution in [0.4, 0.5) is 5.69 Å². The van der Waals surface area contributed by atoms with Gasteiger partial charge < -0.3 is 15.0 Å². The lowest BCUT2D eigenvalue weighted by molar-refractivity contribution is 0.102. The highest BCUT2D eigenvalue weighted by molar-refractivity contribution is 7.11. The zero-order valence-corrected chi connectivity index (χ0v) is 23.2. The zero-order chi connectivity index (χ0) is 26.9. The predicted octanol–water partition coefficient (Wildman–Crippen LogP) is 3.68. The molecule has 1 aromatic carbocycles. The van der Waals surface area contributed by atoms with Gasteiger partial charge in [0.15, 0.2) is 0 Å². The van der Waals surface area contributed by atoms with Crippen LogP contribution in [0.2, 0.25) is 0 Å². The van der Waals surface area contributed by atoms with Crippen molar-refractivity contribution in [1.29, 1.82) is 0 Å². The van der Waals surface area contributed by atoms with E-state index in [4.69, 9.17) is 9.84 Å². The Hall–Kier alpha value is -3.80. The summed E-state index contributed by atoms with van der Waals surface area (Å²) in [6, 6.07) is 9.63. The monoisotopic (exact) mass is 544 g/mol. The number of amides is 1. The van der Waals surface area contributed by atoms with Crippen LogP contribution in [0.25, 0.3) is 16.6 Å². The van der Waals surface area contributed by atoms with Crippen LogP contribution in [-0.2, 0) is 6.54 Å². The van der Waals surface area contributed by atoms with Gasteiger partial charge in [0.05, 0.1) is 34.6 Å². The van der Waals surface area contributed by atoms with E-state index < -0.39 is 0 Å². The van der Waals surface area contributed by atoms with Crippen molar-refractivity contribution in [3.8, 4) is 5.75 Å². The Kier molecular flexibility index (Phi) is 7.03. The molecule has 0 saturated carbocycles. The van der Waals surface area contributed by atoms with Gasteiger partial charge in [0.25, 0.3) is 5.91 Å². The molecule has 0 aliphatic carbocycles. The number of hydrogen-bond donors (Lipinski definition) is 1. The van der Waals surface area contributed by atoms with E-state index in [-0.39, 0.29) is 5.91 Å². The first-order valence-corrected chi connectivity index (χ1v) is 14.0. The van der Waals surface area contributed by atoms with Gasteiger partial charge in [0.1, 0.15) is 23.7 Å². The van der Waals surface area contributed by atoms with E-state index in [2.05, 4.69) is 32.1 Å². The van der Waals surface area contributed by atoms with E-state index >= 15 is 0 Å². The maximum atomic E-state index is 13.4. The Bertz CT molecular complexity index is 1630. The number of carbonyl (C=O) groups excluding carboxylic acids is 1. The van der Waals surface area contributed by atoms with E-state index in [0.29, 0.717) is 24.5 Å². The Morgan fingerprint density at radius 3 is 2.74 bits per heavy atom. The van der Waals surface area contributed by atoms with Crippen molar-refractivity contribution in [3.05, 3.63) is 70.2 Å². The lowest BCUT2D eigenvalue weighted by Crippen LogP contribution is -2.45. The number of likely N-dealkylation sites (N-methyl/N-ethyl adjacent to an activating group) is 1. The molecule has 0 atom stereocenters. The lowest BCUT2D eigenvalue weighted by Gasteiger charge is -2.32. The van der Waals surface area contributed by atoms with Crippen LogP contribution in [0.3, 0.4) is 0 Å². The molecule has 5 heterocycles. The van der Waals surface area contributed by atoms with Crippen LogP contribution in [0, 0.1) is 13.8 Å². The second kappa shape index (κ2) is 10.8. The third kappa shape index (κ3) is 5.38. The molecule has 6 rings (SSSR count). The van der Waals surface area contributed by atoms with Gasteiger partial charge in [-0.1, -0.05) is 6.07 Å². The summed E-state index contributed by atoms with van der Waals surface area (Å²) in [5.41, 5.74) is 3.67. The molecule has 1 aliphatic rings. The molecule has 1 aliphatic heterocycles. The van der Waals surface area contributed by atoms with Crippen molar-refractivity contribution in [2.24, 2.45) is 0 Å². The van der Waals surface area contributed by atoms with Gasteiger partial charge in [-0.25, -0.2) is 9.97 Å². The van der Waals surface area contributed by atoms with E-state index in [9.17, 15) is 4.79 Å². The maximum absolute atomic E-state index is 13.4. The normalized spacial score (nSPS) is 14.8. The smallest absolute Gasteiger partial charge is 0.274 e. The second-order valence-corrected chi connectivity index (χ2v) is 11.3. The molecule has 0 bridgehead atoms. The standard InChI is InChI=1S/C28H32N8O2S/c1-19-27-23(5-4-6-24(27)36(32-19)18-22-16-29-20(2)39-22)31-28(37)25-17-30-26-15-21(7-8-35(25)26)38-14-13-34-11-9-33(3)10-12-34/h4-8,15-17H,9-14,18H2,1-3H3,(H,31,37). The van der Waals surface area contributed by atoms with Gasteiger partial charge in [-0.05, 0) is 39.1 Å². The molecule has 0 radical (unpaired) electrons. The minimum absolute atomic E-state index is 0.232. The van der Waals surface area contributed by atoms with Gasteiger partial charge in [0.2, 0.25) is 0 Å². The summed E-state index contributed by atoms with van der Waals surface area (Å²) in [5, 5.41) is 9.80. The van der Waals surface area contributed by atoms with Gasteiger partial charge in [-0.15, -0.1) is 11.3 Å². The average Bonchev–Trinajstić information content (AvgIpc) is 3.62. The van der Waals surface area contributed by atoms with Crippen molar-refractivity contribution in [1.82, 2.24) is 33.9 Å². The first-order chi connectivity index (χ1) is 18.9. The summed E-state index contributed by atoms with van der Waals surface area (Å²) >= 11 is 1.66. The van der Waals surface area contributed by atoms with Gasteiger partial charge >= 0.3 is 0 Å². The number of pyridine rings is 1. The molecule has 0 unspecified atom stereocenters. The molecule has 0 spiro atoms. The Morgan fingerprint density at radius 2 is 1.95 bits per heavy atom. The number of rotatable bonds is 8. The largest absolute Gasteiger partial charge is 0.492 e. The number of nitrogens with zero attached hydrogens (tertiary/aromatic N) is 7. The lowest BCUT2D eigenvalue weighted by atomic mass is 10.1. The van der Waals surface area contributed by atoms with E-state index in [1.165, 1.54) is 0 Å². The third-order valence-corrected chi connectivity index (χ3v) is 8.06. The fourth-order valence-electron chi connectivity index (χ4n) is 5.04. The van der Waals surface area contributed by atoms with Crippen LogP contribution in [0.1, 0.15) is 26.1 Å². The Balaban J connectivity index is 1.15. The minimum Gasteiger partial charge on any atom is -0.492 e. The molecule has 5 aromatic rings. The summed E-state index contributed by atoms with van der Waals surface area (Å²) in [6.07, 6.45) is 5.33. The van der Waals surface area contributed by atoms with Crippen LogP contribution in [-0.4, -0.2) is 86.2 Å². The fourth-order valence-corrected chi connectivity index (χ4v) is 5.82. The van der Waals surface area contributed by atoms with Gasteiger partial charge in [-0.2, -0.15) is 5.10 Å². The highest BCUT2D eigenvalue weighted by atomic mass is 32.1. The highest BCUT2D eigenvalue weighted by Gasteiger charge is 2.18. The number of nitrogens with one attached hydrogen (secondary N) is 1. The van der Waals surface area contributed by atoms with Crippen molar-refractivity contribution in [2.45, 2.75) is 20.4 Å². The molecule has 1 fully saturated rings. The zero-order valence-electron chi connectivity index (χ0n) is 22.4. The second-order valence-electron chi connectivity index (χ2n) is 9.97. The number of aryl methyl sites for hydroxylation is 2. The molecule has 202 valence electrons. The number of piperazine rings is 1. The number of fused-ring (bicyclic) bond motifs is 2. The maximum Gasteiger partial charge on any atom is 0.274 e. The first-order valence-electron chi connectivity index (χ1n) is 13.1. The molecular weight excluding hydrogens is 512 g/mol. The number of hydrogen-bond acceptors (Lipinski definition) is 8. The topological polar surface area (TPSA) is 92.8 Å². The molecule has 4 aromatic heterocycles. The first kappa shape index (κ1) is 25.5. The molecule has 39 heavy (non-hydrogen) atoms. The molecule has 1 amide bonds. The minimum atomic E-state index is -0.232. The van der Waals surface area contributed by atoms with E-state index in [1.54, 1.807) is 21.9 Å². The number of carbonyl (C=O) groups is 1. The summed E-state index contributed by atoms with van der Waals surface area (Å²) in [4.78, 5) is 28.1.